The highest BCUT2D eigenvalue weighted by Gasteiger charge is 2.26. The summed E-state index contributed by atoms with van der Waals surface area (Å²) in [6.45, 7) is 4.58. The van der Waals surface area contributed by atoms with E-state index in [0.717, 1.165) is 22.5 Å². The molecule has 0 aliphatic carbocycles. The molecule has 0 fully saturated rings. The molecular formula is C14H15BrClNO2S2. The van der Waals surface area contributed by atoms with Crippen LogP contribution in [0.1, 0.15) is 18.1 Å². The first-order valence-corrected chi connectivity index (χ1v) is 9.78. The molecule has 0 bridgehead atoms. The molecule has 0 aliphatic rings. The van der Waals surface area contributed by atoms with Gasteiger partial charge < -0.3 is 0 Å². The Labute approximate surface area is 142 Å². The zero-order valence-corrected chi connectivity index (χ0v) is 15.6. The number of aryl methyl sites for hydroxylation is 1. The van der Waals surface area contributed by atoms with Crippen LogP contribution >= 0.6 is 38.9 Å². The zero-order chi connectivity index (χ0) is 15.6. The Balaban J connectivity index is 2.31. The van der Waals surface area contributed by atoms with Crippen LogP contribution < -0.4 is 0 Å². The first kappa shape index (κ1) is 17.0. The lowest BCUT2D eigenvalue weighted by atomic mass is 10.1. The molecule has 0 radical (unpaired) electrons. The summed E-state index contributed by atoms with van der Waals surface area (Å²) in [5, 5.41) is 0.421. The molecule has 0 saturated carbocycles. The van der Waals surface area contributed by atoms with Crippen molar-refractivity contribution in [2.24, 2.45) is 0 Å². The second-order valence-electron chi connectivity index (χ2n) is 4.61. The maximum absolute atomic E-state index is 12.7. The number of hydrogen-bond acceptors (Lipinski definition) is 3. The van der Waals surface area contributed by atoms with Crippen molar-refractivity contribution in [1.82, 2.24) is 4.31 Å². The molecule has 2 aromatic rings. The number of rotatable bonds is 5. The molecule has 0 spiro atoms. The number of thiophene rings is 1. The van der Waals surface area contributed by atoms with Crippen molar-refractivity contribution in [2.45, 2.75) is 24.6 Å². The van der Waals surface area contributed by atoms with E-state index in [9.17, 15) is 8.42 Å². The van der Waals surface area contributed by atoms with Gasteiger partial charge in [-0.1, -0.05) is 48.4 Å². The van der Waals surface area contributed by atoms with Crippen LogP contribution in [0.25, 0.3) is 0 Å². The van der Waals surface area contributed by atoms with E-state index >= 15 is 0 Å². The molecule has 2 rings (SSSR count). The highest BCUT2D eigenvalue weighted by molar-refractivity contribution is 9.11. The topological polar surface area (TPSA) is 37.4 Å². The standard InChI is InChI=1S/C14H15BrClNO2S2/c1-3-17(9-11-6-4-5-10(2)7-11)21(18,19)13-8-12(16)14(15)20-13/h4-8H,3,9H2,1-2H3. The van der Waals surface area contributed by atoms with E-state index in [2.05, 4.69) is 15.9 Å². The lowest BCUT2D eigenvalue weighted by molar-refractivity contribution is 0.425. The van der Waals surface area contributed by atoms with E-state index in [-0.39, 0.29) is 4.21 Å². The molecule has 21 heavy (non-hydrogen) atoms. The van der Waals surface area contributed by atoms with Gasteiger partial charge >= 0.3 is 0 Å². The third-order valence-corrected chi connectivity index (χ3v) is 7.86. The number of nitrogens with zero attached hydrogens (tertiary/aromatic N) is 1. The Morgan fingerprint density at radius 1 is 1.33 bits per heavy atom. The largest absolute Gasteiger partial charge is 0.252 e. The molecule has 0 amide bonds. The summed E-state index contributed by atoms with van der Waals surface area (Å²) >= 11 is 10.3. The SMILES string of the molecule is CCN(Cc1cccc(C)c1)S(=O)(=O)c1cc(Cl)c(Br)s1. The predicted molar refractivity (Wildman–Crippen MR) is 91.5 cm³/mol. The second-order valence-corrected chi connectivity index (χ2v) is 9.55. The lowest BCUT2D eigenvalue weighted by Crippen LogP contribution is -2.29. The van der Waals surface area contributed by atoms with Crippen molar-refractivity contribution in [3.8, 4) is 0 Å². The van der Waals surface area contributed by atoms with Crippen molar-refractivity contribution in [3.05, 3.63) is 50.3 Å². The van der Waals surface area contributed by atoms with Crippen LogP contribution in [-0.2, 0) is 16.6 Å². The van der Waals surface area contributed by atoms with Gasteiger partial charge in [-0.05, 0) is 34.5 Å². The van der Waals surface area contributed by atoms with Gasteiger partial charge in [0.05, 0.1) is 8.81 Å². The van der Waals surface area contributed by atoms with Crippen molar-refractivity contribution >= 4 is 48.9 Å². The monoisotopic (exact) mass is 407 g/mol. The number of halogens is 2. The van der Waals surface area contributed by atoms with Crippen molar-refractivity contribution in [3.63, 3.8) is 0 Å². The predicted octanol–water partition coefficient (Wildman–Crippen LogP) is 4.68. The van der Waals surface area contributed by atoms with Crippen molar-refractivity contribution in [2.75, 3.05) is 6.54 Å². The van der Waals surface area contributed by atoms with Gasteiger partial charge in [-0.15, -0.1) is 11.3 Å². The fourth-order valence-electron chi connectivity index (χ4n) is 1.96. The molecule has 0 N–H and O–H groups in total. The van der Waals surface area contributed by atoms with Gasteiger partial charge in [-0.2, -0.15) is 4.31 Å². The fraction of sp³-hybridized carbons (Fsp3) is 0.286. The van der Waals surface area contributed by atoms with Gasteiger partial charge in [0.25, 0.3) is 10.0 Å². The van der Waals surface area contributed by atoms with E-state index in [1.54, 1.807) is 0 Å². The average molecular weight is 409 g/mol. The van der Waals surface area contributed by atoms with E-state index in [1.807, 2.05) is 38.1 Å². The maximum atomic E-state index is 12.7. The Bertz CT molecular complexity index is 724. The fourth-order valence-corrected chi connectivity index (χ4v) is 5.95. The minimum absolute atomic E-state index is 0.258. The Morgan fingerprint density at radius 3 is 2.57 bits per heavy atom. The molecule has 0 unspecified atom stereocenters. The molecule has 1 aromatic heterocycles. The summed E-state index contributed by atoms with van der Waals surface area (Å²) in [6, 6.07) is 9.34. The van der Waals surface area contributed by atoms with Gasteiger partial charge in [-0.25, -0.2) is 8.42 Å². The summed E-state index contributed by atoms with van der Waals surface area (Å²) in [5.74, 6) is 0. The molecule has 0 saturated heterocycles. The summed E-state index contributed by atoms with van der Waals surface area (Å²) in [5.41, 5.74) is 2.09. The smallest absolute Gasteiger partial charge is 0.206 e. The maximum Gasteiger partial charge on any atom is 0.252 e. The van der Waals surface area contributed by atoms with Crippen LogP contribution in [0.3, 0.4) is 0 Å². The van der Waals surface area contributed by atoms with Crippen LogP contribution in [0.2, 0.25) is 5.02 Å². The van der Waals surface area contributed by atoms with Gasteiger partial charge in [0.2, 0.25) is 0 Å². The Kier molecular flexibility index (Phi) is 5.48. The molecule has 3 nitrogen and oxygen atoms in total. The van der Waals surface area contributed by atoms with Gasteiger partial charge in [0, 0.05) is 13.1 Å². The first-order valence-electron chi connectivity index (χ1n) is 6.35. The number of hydrogen-bond donors (Lipinski definition) is 0. The molecule has 7 heteroatoms. The third-order valence-electron chi connectivity index (χ3n) is 3.01. The molecular weight excluding hydrogens is 394 g/mol. The Morgan fingerprint density at radius 2 is 2.05 bits per heavy atom. The van der Waals surface area contributed by atoms with Crippen LogP contribution in [-0.4, -0.2) is 19.3 Å². The normalized spacial score (nSPS) is 12.0. The minimum Gasteiger partial charge on any atom is -0.206 e. The quantitative estimate of drug-likeness (QED) is 0.720. The lowest BCUT2D eigenvalue weighted by Gasteiger charge is -2.19. The van der Waals surface area contributed by atoms with Crippen molar-refractivity contribution in [1.29, 1.82) is 0 Å². The summed E-state index contributed by atoms with van der Waals surface area (Å²) in [6.07, 6.45) is 0. The number of benzene rings is 1. The summed E-state index contributed by atoms with van der Waals surface area (Å²) < 4.78 is 27.7. The summed E-state index contributed by atoms with van der Waals surface area (Å²) in [7, 11) is -3.53. The highest BCUT2D eigenvalue weighted by Crippen LogP contribution is 2.36. The summed E-state index contributed by atoms with van der Waals surface area (Å²) in [4.78, 5) is 0. The molecule has 0 atom stereocenters. The van der Waals surface area contributed by atoms with Crippen LogP contribution in [0.15, 0.2) is 38.3 Å². The van der Waals surface area contributed by atoms with Crippen LogP contribution in [0.5, 0.6) is 0 Å². The molecule has 1 heterocycles. The van der Waals surface area contributed by atoms with Crippen LogP contribution in [0.4, 0.5) is 0 Å². The minimum atomic E-state index is -3.53. The average Bonchev–Trinajstić information content (AvgIpc) is 2.76. The van der Waals surface area contributed by atoms with Gasteiger partial charge in [-0.3, -0.25) is 0 Å². The van der Waals surface area contributed by atoms with E-state index in [0.29, 0.717) is 21.9 Å². The first-order chi connectivity index (χ1) is 9.84. The van der Waals surface area contributed by atoms with E-state index < -0.39 is 10.0 Å². The molecule has 0 aliphatic heterocycles. The van der Waals surface area contributed by atoms with Gasteiger partial charge in [0.1, 0.15) is 4.21 Å². The highest BCUT2D eigenvalue weighted by atomic mass is 79.9. The zero-order valence-electron chi connectivity index (χ0n) is 11.6. The van der Waals surface area contributed by atoms with E-state index in [4.69, 9.17) is 11.6 Å². The Hall–Kier alpha value is -0.400. The molecule has 1 aromatic carbocycles. The van der Waals surface area contributed by atoms with Crippen molar-refractivity contribution < 1.29 is 8.42 Å². The van der Waals surface area contributed by atoms with E-state index in [1.165, 1.54) is 10.4 Å². The molecule has 114 valence electrons. The van der Waals surface area contributed by atoms with Gasteiger partial charge in [0.15, 0.2) is 0 Å². The second kappa shape index (κ2) is 6.79. The number of sulfonamides is 1. The third kappa shape index (κ3) is 3.87. The van der Waals surface area contributed by atoms with Crippen LogP contribution in [0, 0.1) is 6.92 Å².